The van der Waals surface area contributed by atoms with E-state index in [1.54, 1.807) is 0 Å². The van der Waals surface area contributed by atoms with E-state index in [9.17, 15) is 0 Å². The number of rotatable bonds is 6. The highest BCUT2D eigenvalue weighted by atomic mass is 16.7. The van der Waals surface area contributed by atoms with Crippen LogP contribution in [0.4, 0.5) is 0 Å². The van der Waals surface area contributed by atoms with Gasteiger partial charge >= 0.3 is 0 Å². The van der Waals surface area contributed by atoms with Gasteiger partial charge in [0.2, 0.25) is 0 Å². The molecule has 0 aliphatic carbocycles. The van der Waals surface area contributed by atoms with Crippen molar-refractivity contribution < 1.29 is 18.9 Å². The number of hydrogen-bond donors (Lipinski definition) is 0. The van der Waals surface area contributed by atoms with E-state index in [-0.39, 0.29) is 0 Å². The maximum atomic E-state index is 5.13. The molecule has 2 rings (SSSR count). The van der Waals surface area contributed by atoms with Gasteiger partial charge in [0.05, 0.1) is 26.4 Å². The summed E-state index contributed by atoms with van der Waals surface area (Å²) in [6, 6.07) is 0. The van der Waals surface area contributed by atoms with E-state index in [1.165, 1.54) is 0 Å². The second-order valence-electron chi connectivity index (χ2n) is 2.77. The smallest absolute Gasteiger partial charge is 0.146 e. The lowest BCUT2D eigenvalue weighted by Crippen LogP contribution is -2.08. The van der Waals surface area contributed by atoms with Crippen molar-refractivity contribution in [1.82, 2.24) is 0 Å². The molecule has 2 aliphatic rings. The van der Waals surface area contributed by atoms with E-state index in [2.05, 4.69) is 0 Å². The number of ether oxygens (including phenoxy) is 4. The zero-order valence-corrected chi connectivity index (χ0v) is 6.32. The van der Waals surface area contributed by atoms with Crippen LogP contribution in [0.2, 0.25) is 0 Å². The summed E-state index contributed by atoms with van der Waals surface area (Å²) in [5, 5.41) is 0. The summed E-state index contributed by atoms with van der Waals surface area (Å²) in [5.41, 5.74) is 0. The van der Waals surface area contributed by atoms with Crippen LogP contribution in [0.15, 0.2) is 0 Å². The third-order valence-corrected chi connectivity index (χ3v) is 1.58. The van der Waals surface area contributed by atoms with Crippen molar-refractivity contribution in [2.45, 2.75) is 12.2 Å². The van der Waals surface area contributed by atoms with Crippen LogP contribution < -0.4 is 0 Å². The Hall–Kier alpha value is -0.160. The van der Waals surface area contributed by atoms with Crippen LogP contribution in [0.3, 0.4) is 0 Å². The fourth-order valence-corrected chi connectivity index (χ4v) is 0.747. The molecular formula is C7H12O4. The van der Waals surface area contributed by atoms with Gasteiger partial charge in [-0.05, 0) is 0 Å². The molecule has 2 aliphatic heterocycles. The largest absolute Gasteiger partial charge is 0.371 e. The average molecular weight is 160 g/mol. The quantitative estimate of drug-likeness (QED) is 0.306. The Morgan fingerprint density at radius 2 is 1.45 bits per heavy atom. The molecule has 0 bridgehead atoms. The summed E-state index contributed by atoms with van der Waals surface area (Å²) in [4.78, 5) is 0. The van der Waals surface area contributed by atoms with Crippen molar-refractivity contribution in [3.05, 3.63) is 0 Å². The molecular weight excluding hydrogens is 148 g/mol. The molecule has 0 spiro atoms. The predicted molar refractivity (Wildman–Crippen MR) is 36.3 cm³/mol. The Balaban J connectivity index is 1.35. The Morgan fingerprint density at radius 3 is 1.82 bits per heavy atom. The summed E-state index contributed by atoms with van der Waals surface area (Å²) in [5.74, 6) is 0. The van der Waals surface area contributed by atoms with Crippen LogP contribution in [0.5, 0.6) is 0 Å². The van der Waals surface area contributed by atoms with Crippen LogP contribution in [0.1, 0.15) is 0 Å². The first-order chi connectivity index (χ1) is 5.45. The first-order valence-corrected chi connectivity index (χ1v) is 3.84. The molecule has 4 heteroatoms. The monoisotopic (exact) mass is 160 g/mol. The van der Waals surface area contributed by atoms with Crippen LogP contribution in [0.25, 0.3) is 0 Å². The van der Waals surface area contributed by atoms with Crippen LogP contribution in [-0.4, -0.2) is 45.4 Å². The lowest BCUT2D eigenvalue weighted by Gasteiger charge is -2.01. The van der Waals surface area contributed by atoms with E-state index >= 15 is 0 Å². The highest BCUT2D eigenvalue weighted by Gasteiger charge is 2.23. The fraction of sp³-hybridized carbons (Fsp3) is 1.00. The highest BCUT2D eigenvalue weighted by Crippen LogP contribution is 2.10. The molecule has 0 aromatic heterocycles. The van der Waals surface area contributed by atoms with Crippen molar-refractivity contribution in [1.29, 1.82) is 0 Å². The van der Waals surface area contributed by atoms with Gasteiger partial charge in [-0.25, -0.2) is 0 Å². The van der Waals surface area contributed by atoms with Gasteiger partial charge in [-0.15, -0.1) is 0 Å². The summed E-state index contributed by atoms with van der Waals surface area (Å²) >= 11 is 0. The van der Waals surface area contributed by atoms with Crippen molar-refractivity contribution in [3.8, 4) is 0 Å². The van der Waals surface area contributed by atoms with E-state index in [1.807, 2.05) is 0 Å². The van der Waals surface area contributed by atoms with Crippen LogP contribution in [-0.2, 0) is 18.9 Å². The van der Waals surface area contributed by atoms with E-state index in [4.69, 9.17) is 18.9 Å². The minimum Gasteiger partial charge on any atom is -0.371 e. The maximum Gasteiger partial charge on any atom is 0.146 e. The molecule has 0 radical (unpaired) electrons. The molecule has 2 saturated heterocycles. The van der Waals surface area contributed by atoms with E-state index in [0.717, 1.165) is 13.2 Å². The lowest BCUT2D eigenvalue weighted by molar-refractivity contribution is -0.0611. The summed E-state index contributed by atoms with van der Waals surface area (Å²) in [7, 11) is 0. The molecule has 0 aromatic rings. The molecule has 2 atom stereocenters. The third kappa shape index (κ3) is 3.16. The van der Waals surface area contributed by atoms with Gasteiger partial charge < -0.3 is 18.9 Å². The summed E-state index contributed by atoms with van der Waals surface area (Å²) in [6.45, 7) is 3.36. The topological polar surface area (TPSA) is 43.5 Å². The summed E-state index contributed by atoms with van der Waals surface area (Å²) < 4.78 is 20.2. The predicted octanol–water partition coefficient (Wildman–Crippen LogP) is -0.225. The fourth-order valence-electron chi connectivity index (χ4n) is 0.747. The molecule has 64 valence electrons. The second-order valence-corrected chi connectivity index (χ2v) is 2.77. The van der Waals surface area contributed by atoms with Crippen molar-refractivity contribution in [2.75, 3.05) is 33.2 Å². The standard InChI is InChI=1S/C7H12O4/c1(6-3-10-6)8-5-9-2-7-4-11-7/h6-7H,1-5H2. The number of epoxide rings is 2. The van der Waals surface area contributed by atoms with Gasteiger partial charge in [-0.1, -0.05) is 0 Å². The molecule has 0 aromatic carbocycles. The van der Waals surface area contributed by atoms with Gasteiger partial charge in [-0.2, -0.15) is 0 Å². The first kappa shape index (κ1) is 7.49. The molecule has 0 N–H and O–H groups in total. The van der Waals surface area contributed by atoms with E-state index < -0.39 is 0 Å². The lowest BCUT2D eigenvalue weighted by atomic mass is 10.5. The molecule has 2 heterocycles. The summed E-state index contributed by atoms with van der Waals surface area (Å²) in [6.07, 6.45) is 0.659. The van der Waals surface area contributed by atoms with Crippen molar-refractivity contribution >= 4 is 0 Å². The minimum absolute atomic E-state index is 0.329. The normalized spacial score (nSPS) is 33.8. The first-order valence-electron chi connectivity index (χ1n) is 3.84. The zero-order chi connectivity index (χ0) is 7.52. The van der Waals surface area contributed by atoms with Crippen LogP contribution in [0, 0.1) is 0 Å². The zero-order valence-electron chi connectivity index (χ0n) is 6.32. The van der Waals surface area contributed by atoms with Gasteiger partial charge in [-0.3, -0.25) is 0 Å². The second kappa shape index (κ2) is 3.49. The van der Waals surface area contributed by atoms with Crippen molar-refractivity contribution in [3.63, 3.8) is 0 Å². The Morgan fingerprint density at radius 1 is 1.00 bits per heavy atom. The highest BCUT2D eigenvalue weighted by molar-refractivity contribution is 4.67. The molecule has 0 amide bonds. The number of hydrogen-bond acceptors (Lipinski definition) is 4. The average Bonchev–Trinajstić information content (AvgIpc) is 2.83. The van der Waals surface area contributed by atoms with E-state index in [0.29, 0.717) is 32.2 Å². The minimum atomic E-state index is 0.329. The molecule has 0 saturated carbocycles. The van der Waals surface area contributed by atoms with Gasteiger partial charge in [0.25, 0.3) is 0 Å². The molecule has 2 unspecified atom stereocenters. The van der Waals surface area contributed by atoms with Gasteiger partial charge in [0.15, 0.2) is 0 Å². The Bertz CT molecular complexity index is 106. The SMILES string of the molecule is C(OCC1CO1)OCC1CO1. The maximum absolute atomic E-state index is 5.13. The molecule has 4 nitrogen and oxygen atoms in total. The van der Waals surface area contributed by atoms with Gasteiger partial charge in [0.1, 0.15) is 19.0 Å². The third-order valence-electron chi connectivity index (χ3n) is 1.58. The Kier molecular flexibility index (Phi) is 2.38. The molecule has 2 fully saturated rings. The Labute approximate surface area is 65.4 Å². The van der Waals surface area contributed by atoms with Gasteiger partial charge in [0, 0.05) is 0 Å². The van der Waals surface area contributed by atoms with Crippen LogP contribution >= 0.6 is 0 Å². The van der Waals surface area contributed by atoms with Crippen molar-refractivity contribution in [2.24, 2.45) is 0 Å². The molecule has 11 heavy (non-hydrogen) atoms.